The number of rotatable bonds is 4. The maximum atomic E-state index is 3.57. The molecule has 0 radical (unpaired) electrons. The lowest BCUT2D eigenvalue weighted by Crippen LogP contribution is -2.29. The Morgan fingerprint density at radius 2 is 1.78 bits per heavy atom. The zero-order chi connectivity index (χ0) is 13.1. The minimum absolute atomic E-state index is 0.582. The molecule has 0 aliphatic heterocycles. The predicted molar refractivity (Wildman–Crippen MR) is 81.1 cm³/mol. The molecule has 1 aromatic rings. The zero-order valence-corrected chi connectivity index (χ0v) is 13.0. The van der Waals surface area contributed by atoms with Gasteiger partial charge in [0.2, 0.25) is 0 Å². The van der Waals surface area contributed by atoms with Crippen molar-refractivity contribution in [3.05, 3.63) is 21.9 Å². The summed E-state index contributed by atoms with van der Waals surface area (Å²) in [5, 5.41) is 5.80. The van der Waals surface area contributed by atoms with E-state index in [4.69, 9.17) is 0 Å². The molecule has 102 valence electrons. The van der Waals surface area contributed by atoms with E-state index in [1.54, 1.807) is 4.88 Å². The van der Waals surface area contributed by atoms with E-state index in [0.29, 0.717) is 6.04 Å². The molecular weight excluding hydrogens is 238 g/mol. The molecule has 1 unspecified atom stereocenters. The third-order valence-corrected chi connectivity index (χ3v) is 5.83. The molecule has 1 aromatic heterocycles. The first kappa shape index (κ1) is 14.1. The summed E-state index contributed by atoms with van der Waals surface area (Å²) in [6.45, 7) is 7.00. The molecule has 1 saturated carbocycles. The van der Waals surface area contributed by atoms with E-state index >= 15 is 0 Å². The molecule has 18 heavy (non-hydrogen) atoms. The van der Waals surface area contributed by atoms with Crippen LogP contribution in [0.25, 0.3) is 0 Å². The van der Waals surface area contributed by atoms with E-state index in [9.17, 15) is 0 Å². The van der Waals surface area contributed by atoms with Crippen LogP contribution in [0.15, 0.2) is 11.4 Å². The quantitative estimate of drug-likeness (QED) is 0.826. The van der Waals surface area contributed by atoms with Gasteiger partial charge >= 0.3 is 0 Å². The van der Waals surface area contributed by atoms with E-state index in [1.165, 1.54) is 31.2 Å². The molecular formula is C16H27NS. The highest BCUT2D eigenvalue weighted by Gasteiger charge is 2.29. The Kier molecular flexibility index (Phi) is 4.85. The van der Waals surface area contributed by atoms with Crippen LogP contribution in [0.4, 0.5) is 0 Å². The Balaban J connectivity index is 2.01. The summed E-state index contributed by atoms with van der Waals surface area (Å²) < 4.78 is 0. The largest absolute Gasteiger partial charge is 0.312 e. The van der Waals surface area contributed by atoms with Crippen molar-refractivity contribution in [1.29, 1.82) is 0 Å². The van der Waals surface area contributed by atoms with Crippen molar-refractivity contribution in [2.75, 3.05) is 7.05 Å². The van der Waals surface area contributed by atoms with Gasteiger partial charge in [-0.15, -0.1) is 11.3 Å². The van der Waals surface area contributed by atoms with Crippen LogP contribution < -0.4 is 5.32 Å². The van der Waals surface area contributed by atoms with E-state index in [1.807, 2.05) is 11.3 Å². The van der Waals surface area contributed by atoms with Crippen molar-refractivity contribution in [3.8, 4) is 0 Å². The van der Waals surface area contributed by atoms with Crippen LogP contribution in [0.2, 0.25) is 0 Å². The number of thiophene rings is 1. The van der Waals surface area contributed by atoms with Crippen molar-refractivity contribution in [2.24, 2.45) is 17.8 Å². The third kappa shape index (κ3) is 2.97. The van der Waals surface area contributed by atoms with Gasteiger partial charge in [0.25, 0.3) is 0 Å². The molecule has 1 heterocycles. The third-order valence-electron chi connectivity index (χ3n) is 4.73. The summed E-state index contributed by atoms with van der Waals surface area (Å²) in [5.74, 6) is 2.66. The average molecular weight is 265 g/mol. The lowest BCUT2D eigenvalue weighted by molar-refractivity contribution is 0.194. The Morgan fingerprint density at radius 3 is 2.22 bits per heavy atom. The first-order chi connectivity index (χ1) is 8.63. The summed E-state index contributed by atoms with van der Waals surface area (Å²) in [6.07, 6.45) is 5.63. The smallest absolute Gasteiger partial charge is 0.0443 e. The molecule has 2 heteroatoms. The van der Waals surface area contributed by atoms with Crippen molar-refractivity contribution in [2.45, 2.75) is 52.5 Å². The molecule has 1 aliphatic rings. The van der Waals surface area contributed by atoms with Crippen LogP contribution in [-0.2, 0) is 0 Å². The molecule has 0 spiro atoms. The fourth-order valence-electron chi connectivity index (χ4n) is 3.43. The standard InChI is InChI=1S/C16H27NS/c1-11(2)13-5-7-14(8-6-13)15(17-4)16-12(3)9-10-18-16/h9-11,13-15,17H,5-8H2,1-4H3. The average Bonchev–Trinajstić information content (AvgIpc) is 2.78. The van der Waals surface area contributed by atoms with Crippen LogP contribution in [0.5, 0.6) is 0 Å². The first-order valence-corrected chi connectivity index (χ1v) is 8.22. The normalized spacial score (nSPS) is 26.5. The highest BCUT2D eigenvalue weighted by molar-refractivity contribution is 7.10. The van der Waals surface area contributed by atoms with Gasteiger partial charge in [0.1, 0.15) is 0 Å². The highest BCUT2D eigenvalue weighted by atomic mass is 32.1. The van der Waals surface area contributed by atoms with Crippen molar-refractivity contribution in [3.63, 3.8) is 0 Å². The summed E-state index contributed by atoms with van der Waals surface area (Å²) in [6, 6.07) is 2.84. The van der Waals surface area contributed by atoms with Gasteiger partial charge in [-0.2, -0.15) is 0 Å². The lowest BCUT2D eigenvalue weighted by Gasteiger charge is -2.35. The van der Waals surface area contributed by atoms with Crippen LogP contribution >= 0.6 is 11.3 Å². The highest BCUT2D eigenvalue weighted by Crippen LogP contribution is 2.41. The fourth-order valence-corrected chi connectivity index (χ4v) is 4.56. The second-order valence-corrected chi connectivity index (χ2v) is 7.10. The number of aryl methyl sites for hydroxylation is 1. The SMILES string of the molecule is CNC(c1sccc1C)C1CCC(C(C)C)CC1. The van der Waals surface area contributed by atoms with Crippen molar-refractivity contribution < 1.29 is 0 Å². The summed E-state index contributed by atoms with van der Waals surface area (Å²) in [7, 11) is 2.12. The first-order valence-electron chi connectivity index (χ1n) is 7.34. The Hall–Kier alpha value is -0.340. The fraction of sp³-hybridized carbons (Fsp3) is 0.750. The molecule has 2 rings (SSSR count). The maximum absolute atomic E-state index is 3.57. The van der Waals surface area contributed by atoms with Gasteiger partial charge in [-0.3, -0.25) is 0 Å². The molecule has 0 saturated heterocycles. The molecule has 1 fully saturated rings. The maximum Gasteiger partial charge on any atom is 0.0443 e. The number of nitrogens with one attached hydrogen (secondary N) is 1. The molecule has 1 atom stereocenters. The molecule has 1 N–H and O–H groups in total. The molecule has 1 aliphatic carbocycles. The van der Waals surface area contributed by atoms with E-state index in [-0.39, 0.29) is 0 Å². The lowest BCUT2D eigenvalue weighted by atomic mass is 9.74. The van der Waals surface area contributed by atoms with Gasteiger partial charge < -0.3 is 5.32 Å². The Labute approximate surface area is 116 Å². The van der Waals surface area contributed by atoms with Gasteiger partial charge in [-0.25, -0.2) is 0 Å². The molecule has 0 aromatic carbocycles. The number of hydrogen-bond acceptors (Lipinski definition) is 2. The predicted octanol–water partition coefficient (Wildman–Crippen LogP) is 4.78. The van der Waals surface area contributed by atoms with Gasteiger partial charge in [0.05, 0.1) is 0 Å². The van der Waals surface area contributed by atoms with Crippen molar-refractivity contribution >= 4 is 11.3 Å². The van der Waals surface area contributed by atoms with Gasteiger partial charge in [0.15, 0.2) is 0 Å². The van der Waals surface area contributed by atoms with E-state index < -0.39 is 0 Å². The Bertz CT molecular complexity index is 361. The van der Waals surface area contributed by atoms with Crippen LogP contribution in [0, 0.1) is 24.7 Å². The van der Waals surface area contributed by atoms with E-state index in [2.05, 4.69) is 44.6 Å². The minimum atomic E-state index is 0.582. The number of hydrogen-bond donors (Lipinski definition) is 1. The monoisotopic (exact) mass is 265 g/mol. The topological polar surface area (TPSA) is 12.0 Å². The second kappa shape index (κ2) is 6.21. The van der Waals surface area contributed by atoms with Gasteiger partial charge in [-0.1, -0.05) is 13.8 Å². The molecule has 0 amide bonds. The van der Waals surface area contributed by atoms with Crippen LogP contribution in [0.1, 0.15) is 56.0 Å². The zero-order valence-electron chi connectivity index (χ0n) is 12.2. The second-order valence-electron chi connectivity index (χ2n) is 6.15. The Morgan fingerprint density at radius 1 is 1.17 bits per heavy atom. The molecule has 0 bridgehead atoms. The summed E-state index contributed by atoms with van der Waals surface area (Å²) in [4.78, 5) is 1.56. The van der Waals surface area contributed by atoms with Crippen molar-refractivity contribution in [1.82, 2.24) is 5.32 Å². The van der Waals surface area contributed by atoms with E-state index in [0.717, 1.165) is 17.8 Å². The summed E-state index contributed by atoms with van der Waals surface area (Å²) >= 11 is 1.92. The minimum Gasteiger partial charge on any atom is -0.312 e. The van der Waals surface area contributed by atoms with Crippen LogP contribution in [0.3, 0.4) is 0 Å². The van der Waals surface area contributed by atoms with Gasteiger partial charge in [0, 0.05) is 10.9 Å². The molecule has 1 nitrogen and oxygen atoms in total. The van der Waals surface area contributed by atoms with Crippen LogP contribution in [-0.4, -0.2) is 7.05 Å². The van der Waals surface area contributed by atoms with Gasteiger partial charge in [-0.05, 0) is 74.4 Å². The summed E-state index contributed by atoms with van der Waals surface area (Å²) in [5.41, 5.74) is 1.46.